The maximum absolute atomic E-state index is 12.7. The third-order valence-electron chi connectivity index (χ3n) is 4.31. The first-order chi connectivity index (χ1) is 11.5. The van der Waals surface area contributed by atoms with Crippen LogP contribution in [0.15, 0.2) is 28.7 Å². The number of carboxylic acid groups (broad SMARTS) is 1. The molecule has 2 fully saturated rings. The first-order valence-electron chi connectivity index (χ1n) is 7.65. The molecule has 24 heavy (non-hydrogen) atoms. The number of hydrogen-bond acceptors (Lipinski definition) is 4. The highest BCUT2D eigenvalue weighted by atomic mass is 79.9. The summed E-state index contributed by atoms with van der Waals surface area (Å²) >= 11 is 3.41. The molecular formula is C16H17BrN2O5. The van der Waals surface area contributed by atoms with Crippen molar-refractivity contribution in [1.82, 2.24) is 4.90 Å². The standard InChI is InChI=1S/C16H17BrN2O5/c17-11-3-1-2-4-12(11)19-8-10(7-14(19)20)15(21)18-5-6-24-9-13(18)16(22)23/h1-4,10,13H,5-9H2,(H,22,23)/t10-,13-/m0/s1. The van der Waals surface area contributed by atoms with Gasteiger partial charge in [0.15, 0.2) is 6.04 Å². The molecule has 128 valence electrons. The van der Waals surface area contributed by atoms with Crippen LogP contribution in [-0.2, 0) is 19.1 Å². The zero-order valence-electron chi connectivity index (χ0n) is 12.9. The minimum atomic E-state index is -1.09. The van der Waals surface area contributed by atoms with Crippen molar-refractivity contribution in [2.45, 2.75) is 12.5 Å². The van der Waals surface area contributed by atoms with Crippen molar-refractivity contribution in [1.29, 1.82) is 0 Å². The summed E-state index contributed by atoms with van der Waals surface area (Å²) in [5.41, 5.74) is 0.717. The Labute approximate surface area is 147 Å². The molecule has 1 aromatic rings. The lowest BCUT2D eigenvalue weighted by molar-refractivity contribution is -0.160. The van der Waals surface area contributed by atoms with E-state index in [2.05, 4.69) is 15.9 Å². The topological polar surface area (TPSA) is 87.1 Å². The van der Waals surface area contributed by atoms with Crippen molar-refractivity contribution in [3.8, 4) is 0 Å². The molecule has 2 aliphatic rings. The Hall–Kier alpha value is -1.93. The lowest BCUT2D eigenvalue weighted by Crippen LogP contribution is -2.54. The van der Waals surface area contributed by atoms with Crippen LogP contribution in [0.25, 0.3) is 0 Å². The van der Waals surface area contributed by atoms with Crippen LogP contribution in [0.4, 0.5) is 5.69 Å². The van der Waals surface area contributed by atoms with Gasteiger partial charge in [0, 0.05) is 24.0 Å². The average molecular weight is 397 g/mol. The van der Waals surface area contributed by atoms with E-state index >= 15 is 0 Å². The summed E-state index contributed by atoms with van der Waals surface area (Å²) in [6, 6.07) is 6.33. The fourth-order valence-electron chi connectivity index (χ4n) is 3.08. The highest BCUT2D eigenvalue weighted by molar-refractivity contribution is 9.10. The van der Waals surface area contributed by atoms with E-state index in [9.17, 15) is 19.5 Å². The van der Waals surface area contributed by atoms with Crippen molar-refractivity contribution in [3.63, 3.8) is 0 Å². The van der Waals surface area contributed by atoms with E-state index in [0.717, 1.165) is 10.2 Å². The molecule has 1 aromatic carbocycles. The molecule has 2 saturated heterocycles. The van der Waals surface area contributed by atoms with Crippen molar-refractivity contribution in [2.75, 3.05) is 31.2 Å². The number of hydrogen-bond donors (Lipinski definition) is 1. The Morgan fingerprint density at radius 3 is 2.75 bits per heavy atom. The first kappa shape index (κ1) is 16.9. The molecule has 0 unspecified atom stereocenters. The van der Waals surface area contributed by atoms with E-state index < -0.39 is 17.9 Å². The predicted octanol–water partition coefficient (Wildman–Crippen LogP) is 1.11. The first-order valence-corrected chi connectivity index (χ1v) is 8.44. The third-order valence-corrected chi connectivity index (χ3v) is 4.98. The smallest absolute Gasteiger partial charge is 0.328 e. The number of nitrogens with zero attached hydrogens (tertiary/aromatic N) is 2. The molecule has 0 aromatic heterocycles. The molecule has 0 radical (unpaired) electrons. The second-order valence-corrected chi connectivity index (χ2v) is 6.67. The van der Waals surface area contributed by atoms with E-state index in [4.69, 9.17) is 4.74 Å². The van der Waals surface area contributed by atoms with E-state index in [1.807, 2.05) is 24.3 Å². The SMILES string of the molecule is O=C(O)[C@@H]1COCCN1C(=O)[C@H]1CC(=O)N(c2ccccc2Br)C1. The molecule has 0 saturated carbocycles. The average Bonchev–Trinajstić information content (AvgIpc) is 2.96. The zero-order chi connectivity index (χ0) is 17.3. The van der Waals surface area contributed by atoms with Crippen molar-refractivity contribution in [2.24, 2.45) is 5.92 Å². The number of ether oxygens (including phenoxy) is 1. The van der Waals surface area contributed by atoms with Gasteiger partial charge in [-0.3, -0.25) is 9.59 Å². The number of rotatable bonds is 3. The van der Waals surface area contributed by atoms with Crippen molar-refractivity contribution >= 4 is 39.4 Å². The van der Waals surface area contributed by atoms with Crippen LogP contribution >= 0.6 is 15.9 Å². The van der Waals surface area contributed by atoms with Gasteiger partial charge in [-0.05, 0) is 28.1 Å². The predicted molar refractivity (Wildman–Crippen MR) is 88.6 cm³/mol. The highest BCUT2D eigenvalue weighted by Gasteiger charge is 2.41. The number of para-hydroxylation sites is 1. The Morgan fingerprint density at radius 2 is 2.04 bits per heavy atom. The number of halogens is 1. The van der Waals surface area contributed by atoms with Gasteiger partial charge in [-0.25, -0.2) is 4.79 Å². The monoisotopic (exact) mass is 396 g/mol. The zero-order valence-corrected chi connectivity index (χ0v) is 14.4. The molecule has 8 heteroatoms. The quantitative estimate of drug-likeness (QED) is 0.826. The van der Waals surface area contributed by atoms with Gasteiger partial charge in [-0.1, -0.05) is 12.1 Å². The fourth-order valence-corrected chi connectivity index (χ4v) is 3.58. The molecule has 7 nitrogen and oxygen atoms in total. The van der Waals surface area contributed by atoms with Gasteiger partial charge >= 0.3 is 5.97 Å². The van der Waals surface area contributed by atoms with E-state index in [1.54, 1.807) is 4.90 Å². The van der Waals surface area contributed by atoms with Gasteiger partial charge in [-0.15, -0.1) is 0 Å². The summed E-state index contributed by atoms with van der Waals surface area (Å²) in [6.45, 7) is 0.777. The molecular weight excluding hydrogens is 380 g/mol. The van der Waals surface area contributed by atoms with E-state index in [1.165, 1.54) is 4.90 Å². The normalized spacial score (nSPS) is 24.3. The Balaban J connectivity index is 1.76. The largest absolute Gasteiger partial charge is 0.480 e. The molecule has 0 spiro atoms. The fraction of sp³-hybridized carbons (Fsp3) is 0.438. The van der Waals surface area contributed by atoms with Gasteiger partial charge in [-0.2, -0.15) is 0 Å². The number of carbonyl (C=O) groups is 3. The lowest BCUT2D eigenvalue weighted by Gasteiger charge is -2.34. The lowest BCUT2D eigenvalue weighted by atomic mass is 10.1. The summed E-state index contributed by atoms with van der Waals surface area (Å²) in [4.78, 5) is 39.3. The summed E-state index contributed by atoms with van der Waals surface area (Å²) in [5, 5.41) is 9.26. The van der Waals surface area contributed by atoms with Crippen molar-refractivity contribution in [3.05, 3.63) is 28.7 Å². The number of benzene rings is 1. The number of morpholine rings is 1. The number of carbonyl (C=O) groups excluding carboxylic acids is 2. The summed E-state index contributed by atoms with van der Waals surface area (Å²) in [6.07, 6.45) is 0.0872. The van der Waals surface area contributed by atoms with Gasteiger partial charge in [0.25, 0.3) is 0 Å². The van der Waals surface area contributed by atoms with Crippen LogP contribution in [0, 0.1) is 5.92 Å². The van der Waals surface area contributed by atoms with Crippen LogP contribution < -0.4 is 4.90 Å². The number of amides is 2. The molecule has 2 aliphatic heterocycles. The van der Waals surface area contributed by atoms with E-state index in [0.29, 0.717) is 6.61 Å². The van der Waals surface area contributed by atoms with Crippen LogP contribution in [-0.4, -0.2) is 60.1 Å². The van der Waals surface area contributed by atoms with Crippen molar-refractivity contribution < 1.29 is 24.2 Å². The van der Waals surface area contributed by atoms with Gasteiger partial charge in [0.05, 0.1) is 24.8 Å². The van der Waals surface area contributed by atoms with Crippen LogP contribution in [0.2, 0.25) is 0 Å². The van der Waals surface area contributed by atoms with Gasteiger partial charge < -0.3 is 19.6 Å². The number of anilines is 1. The molecule has 0 bridgehead atoms. The molecule has 1 N–H and O–H groups in total. The molecule has 0 aliphatic carbocycles. The number of carboxylic acids is 1. The maximum Gasteiger partial charge on any atom is 0.328 e. The molecule has 2 atom stereocenters. The second kappa shape index (κ2) is 6.90. The summed E-state index contributed by atoms with van der Waals surface area (Å²) in [7, 11) is 0. The summed E-state index contributed by atoms with van der Waals surface area (Å²) < 4.78 is 5.93. The second-order valence-electron chi connectivity index (χ2n) is 5.82. The number of aliphatic carboxylic acids is 1. The Bertz CT molecular complexity index is 680. The maximum atomic E-state index is 12.7. The van der Waals surface area contributed by atoms with E-state index in [-0.39, 0.29) is 37.9 Å². The molecule has 2 amide bonds. The Morgan fingerprint density at radius 1 is 1.29 bits per heavy atom. The third kappa shape index (κ3) is 3.16. The van der Waals surface area contributed by atoms with Crippen LogP contribution in [0.5, 0.6) is 0 Å². The summed E-state index contributed by atoms with van der Waals surface area (Å²) in [5.74, 6) is -2.06. The van der Waals surface area contributed by atoms with Crippen LogP contribution in [0.1, 0.15) is 6.42 Å². The molecule has 3 rings (SSSR count). The highest BCUT2D eigenvalue weighted by Crippen LogP contribution is 2.32. The minimum absolute atomic E-state index is 0.0182. The molecule has 2 heterocycles. The van der Waals surface area contributed by atoms with Gasteiger partial charge in [0.2, 0.25) is 11.8 Å². The Kier molecular flexibility index (Phi) is 4.86. The van der Waals surface area contributed by atoms with Crippen LogP contribution in [0.3, 0.4) is 0 Å². The van der Waals surface area contributed by atoms with Gasteiger partial charge in [0.1, 0.15) is 0 Å². The minimum Gasteiger partial charge on any atom is -0.480 e.